The van der Waals surface area contributed by atoms with Crippen LogP contribution in [0.4, 0.5) is 0 Å². The van der Waals surface area contributed by atoms with Gasteiger partial charge in [-0.05, 0) is 17.7 Å². The van der Waals surface area contributed by atoms with Gasteiger partial charge in [0.15, 0.2) is 0 Å². The summed E-state index contributed by atoms with van der Waals surface area (Å²) in [5, 5.41) is 16.2. The number of hydrogen-bond donors (Lipinski definition) is 3. The highest BCUT2D eigenvalue weighted by Crippen LogP contribution is 2.12. The first-order valence-electron chi connectivity index (χ1n) is 6.02. The lowest BCUT2D eigenvalue weighted by molar-refractivity contribution is 0.146. The summed E-state index contributed by atoms with van der Waals surface area (Å²) in [6.07, 6.45) is -0.215. The quantitative estimate of drug-likeness (QED) is 0.691. The Morgan fingerprint density at radius 3 is 3.06 bits per heavy atom. The zero-order valence-electron chi connectivity index (χ0n) is 10.1. The normalized spacial score (nSPS) is 23.9. The predicted octanol–water partition coefficient (Wildman–Crippen LogP) is 0.365. The number of benzene rings is 1. The van der Waals surface area contributed by atoms with Crippen LogP contribution in [0.15, 0.2) is 24.3 Å². The molecule has 1 aliphatic heterocycles. The third kappa shape index (κ3) is 3.43. The van der Waals surface area contributed by atoms with Crippen LogP contribution >= 0.6 is 0 Å². The van der Waals surface area contributed by atoms with E-state index >= 15 is 0 Å². The van der Waals surface area contributed by atoms with Gasteiger partial charge < -0.3 is 20.5 Å². The van der Waals surface area contributed by atoms with E-state index in [1.807, 2.05) is 18.2 Å². The highest BCUT2D eigenvalue weighted by molar-refractivity contribution is 5.28. The van der Waals surface area contributed by atoms with Gasteiger partial charge in [0.1, 0.15) is 5.75 Å². The van der Waals surface area contributed by atoms with Crippen molar-refractivity contribution in [1.82, 2.24) is 10.6 Å². The molecule has 1 saturated heterocycles. The van der Waals surface area contributed by atoms with Gasteiger partial charge in [-0.3, -0.25) is 0 Å². The maximum Gasteiger partial charge on any atom is 0.119 e. The number of rotatable bonds is 5. The lowest BCUT2D eigenvalue weighted by Crippen LogP contribution is -2.30. The van der Waals surface area contributed by atoms with E-state index in [9.17, 15) is 5.11 Å². The minimum atomic E-state index is -0.215. The molecule has 0 radical (unpaired) electrons. The van der Waals surface area contributed by atoms with E-state index < -0.39 is 0 Å². The number of methoxy groups -OCH3 is 1. The summed E-state index contributed by atoms with van der Waals surface area (Å²) in [5.74, 6) is 1.20. The summed E-state index contributed by atoms with van der Waals surface area (Å²) in [6, 6.07) is 8.02. The van der Waals surface area contributed by atoms with Gasteiger partial charge in [-0.1, -0.05) is 12.1 Å². The molecule has 4 nitrogen and oxygen atoms in total. The summed E-state index contributed by atoms with van der Waals surface area (Å²) in [6.45, 7) is 3.25. The molecule has 1 aromatic carbocycles. The summed E-state index contributed by atoms with van der Waals surface area (Å²) in [4.78, 5) is 0. The number of ether oxygens (including phenoxy) is 1. The number of aliphatic hydroxyl groups is 1. The second-order valence-corrected chi connectivity index (χ2v) is 4.47. The molecule has 1 heterocycles. The first-order chi connectivity index (χ1) is 8.29. The van der Waals surface area contributed by atoms with Gasteiger partial charge in [0, 0.05) is 32.1 Å². The third-order valence-corrected chi connectivity index (χ3v) is 3.17. The van der Waals surface area contributed by atoms with E-state index in [-0.39, 0.29) is 6.10 Å². The molecule has 4 heteroatoms. The topological polar surface area (TPSA) is 53.5 Å². The molecule has 17 heavy (non-hydrogen) atoms. The second-order valence-electron chi connectivity index (χ2n) is 4.47. The summed E-state index contributed by atoms with van der Waals surface area (Å²) >= 11 is 0. The van der Waals surface area contributed by atoms with Crippen molar-refractivity contribution in [3.63, 3.8) is 0 Å². The number of aliphatic hydroxyl groups excluding tert-OH is 1. The molecule has 1 aliphatic rings. The Hall–Kier alpha value is -1.10. The van der Waals surface area contributed by atoms with Gasteiger partial charge >= 0.3 is 0 Å². The van der Waals surface area contributed by atoms with Crippen molar-refractivity contribution in [1.29, 1.82) is 0 Å². The van der Waals surface area contributed by atoms with Gasteiger partial charge in [0.05, 0.1) is 13.2 Å². The summed E-state index contributed by atoms with van der Waals surface area (Å²) < 4.78 is 5.17. The minimum Gasteiger partial charge on any atom is -0.497 e. The Balaban J connectivity index is 1.77. The molecule has 2 rings (SSSR count). The van der Waals surface area contributed by atoms with Crippen LogP contribution in [-0.2, 0) is 6.54 Å². The van der Waals surface area contributed by atoms with Crippen LogP contribution in [0.1, 0.15) is 5.56 Å². The molecule has 2 unspecified atom stereocenters. The van der Waals surface area contributed by atoms with Crippen LogP contribution in [0.25, 0.3) is 0 Å². The van der Waals surface area contributed by atoms with Crippen molar-refractivity contribution in [2.24, 2.45) is 5.92 Å². The molecule has 3 N–H and O–H groups in total. The zero-order chi connectivity index (χ0) is 12.1. The fourth-order valence-electron chi connectivity index (χ4n) is 2.11. The predicted molar refractivity (Wildman–Crippen MR) is 67.1 cm³/mol. The van der Waals surface area contributed by atoms with E-state index in [4.69, 9.17) is 4.74 Å². The Kier molecular flexibility index (Phi) is 4.36. The number of β-amino-alcohol motifs (C(OH)–C–C–N with tert-alkyl or cyclic N) is 1. The highest BCUT2D eigenvalue weighted by atomic mass is 16.5. The van der Waals surface area contributed by atoms with Gasteiger partial charge in [0.2, 0.25) is 0 Å². The van der Waals surface area contributed by atoms with Crippen molar-refractivity contribution >= 4 is 0 Å². The van der Waals surface area contributed by atoms with Gasteiger partial charge in [0.25, 0.3) is 0 Å². The van der Waals surface area contributed by atoms with E-state index in [0.29, 0.717) is 12.5 Å². The lowest BCUT2D eigenvalue weighted by atomic mass is 10.1. The molecule has 1 aromatic rings. The SMILES string of the molecule is COc1cccc(CNCC2CNCC2O)c1. The maximum absolute atomic E-state index is 9.65. The van der Waals surface area contributed by atoms with E-state index in [1.165, 1.54) is 5.56 Å². The second kappa shape index (κ2) is 6.00. The molecule has 0 aromatic heterocycles. The zero-order valence-corrected chi connectivity index (χ0v) is 10.1. The summed E-state index contributed by atoms with van der Waals surface area (Å²) in [5.41, 5.74) is 1.20. The first kappa shape index (κ1) is 12.4. The molecule has 0 amide bonds. The van der Waals surface area contributed by atoms with Crippen LogP contribution in [0.5, 0.6) is 5.75 Å². The average molecular weight is 236 g/mol. The van der Waals surface area contributed by atoms with Crippen molar-refractivity contribution in [2.45, 2.75) is 12.6 Å². The average Bonchev–Trinajstić information content (AvgIpc) is 2.76. The van der Waals surface area contributed by atoms with E-state index in [1.54, 1.807) is 7.11 Å². The lowest BCUT2D eigenvalue weighted by Gasteiger charge is -2.14. The van der Waals surface area contributed by atoms with Crippen molar-refractivity contribution in [2.75, 3.05) is 26.7 Å². The Morgan fingerprint density at radius 1 is 1.47 bits per heavy atom. The smallest absolute Gasteiger partial charge is 0.119 e. The van der Waals surface area contributed by atoms with E-state index in [2.05, 4.69) is 16.7 Å². The Morgan fingerprint density at radius 2 is 2.35 bits per heavy atom. The molecule has 2 atom stereocenters. The molecule has 0 spiro atoms. The van der Waals surface area contributed by atoms with Crippen LogP contribution < -0.4 is 15.4 Å². The number of hydrogen-bond acceptors (Lipinski definition) is 4. The van der Waals surface area contributed by atoms with Crippen molar-refractivity contribution < 1.29 is 9.84 Å². The largest absolute Gasteiger partial charge is 0.497 e. The Bertz CT molecular complexity index is 357. The first-order valence-corrected chi connectivity index (χ1v) is 6.02. The molecule has 0 saturated carbocycles. The van der Waals surface area contributed by atoms with Crippen LogP contribution in [-0.4, -0.2) is 38.0 Å². The van der Waals surface area contributed by atoms with Crippen LogP contribution in [0.3, 0.4) is 0 Å². The molecule has 0 bridgehead atoms. The number of nitrogens with one attached hydrogen (secondary N) is 2. The molecular formula is C13H20N2O2. The van der Waals surface area contributed by atoms with Gasteiger partial charge in [-0.25, -0.2) is 0 Å². The molecule has 0 aliphatic carbocycles. The minimum absolute atomic E-state index is 0.215. The monoisotopic (exact) mass is 236 g/mol. The molecular weight excluding hydrogens is 216 g/mol. The fourth-order valence-corrected chi connectivity index (χ4v) is 2.11. The van der Waals surface area contributed by atoms with Crippen molar-refractivity contribution in [3.8, 4) is 5.75 Å². The summed E-state index contributed by atoms with van der Waals surface area (Å²) in [7, 11) is 1.67. The maximum atomic E-state index is 9.65. The molecule has 1 fully saturated rings. The fraction of sp³-hybridized carbons (Fsp3) is 0.538. The Labute approximate surface area is 102 Å². The van der Waals surface area contributed by atoms with Gasteiger partial charge in [-0.15, -0.1) is 0 Å². The molecule has 94 valence electrons. The van der Waals surface area contributed by atoms with Crippen LogP contribution in [0.2, 0.25) is 0 Å². The van der Waals surface area contributed by atoms with Gasteiger partial charge in [-0.2, -0.15) is 0 Å². The van der Waals surface area contributed by atoms with Crippen LogP contribution in [0, 0.1) is 5.92 Å². The van der Waals surface area contributed by atoms with Crippen molar-refractivity contribution in [3.05, 3.63) is 29.8 Å². The van der Waals surface area contributed by atoms with E-state index in [0.717, 1.165) is 25.4 Å². The highest BCUT2D eigenvalue weighted by Gasteiger charge is 2.23. The third-order valence-electron chi connectivity index (χ3n) is 3.17. The standard InChI is InChI=1S/C13H20N2O2/c1-17-12-4-2-3-10(5-12)6-14-7-11-8-15-9-13(11)16/h2-5,11,13-16H,6-9H2,1H3.